The predicted octanol–water partition coefficient (Wildman–Crippen LogP) is 4.19. The minimum atomic E-state index is -0.239. The molecule has 0 bridgehead atoms. The Morgan fingerprint density at radius 3 is 2.62 bits per heavy atom. The van der Waals surface area contributed by atoms with Gasteiger partial charge < -0.3 is 4.90 Å². The molecule has 1 amide bonds. The Hall–Kier alpha value is -3.54. The van der Waals surface area contributed by atoms with Gasteiger partial charge in [0.25, 0.3) is 5.91 Å². The number of rotatable bonds is 3. The second kappa shape index (κ2) is 7.13. The minimum Gasteiger partial charge on any atom is -0.338 e. The van der Waals surface area contributed by atoms with Crippen LogP contribution in [0.4, 0.5) is 4.39 Å². The van der Waals surface area contributed by atoms with Gasteiger partial charge in [-0.3, -0.25) is 9.36 Å². The highest BCUT2D eigenvalue weighted by Crippen LogP contribution is 2.28. The maximum Gasteiger partial charge on any atom is 0.255 e. The Bertz CT molecular complexity index is 1170. The number of fused-ring (bicyclic) bond motifs is 1. The fraction of sp³-hybridized carbons (Fsp3) is 0.174. The van der Waals surface area contributed by atoms with Crippen molar-refractivity contribution in [1.29, 1.82) is 0 Å². The van der Waals surface area contributed by atoms with Crippen molar-refractivity contribution in [2.75, 3.05) is 13.1 Å². The van der Waals surface area contributed by atoms with Crippen LogP contribution >= 0.6 is 0 Å². The molecule has 1 saturated heterocycles. The van der Waals surface area contributed by atoms with Gasteiger partial charge in [0.1, 0.15) is 18.0 Å². The highest BCUT2D eigenvalue weighted by atomic mass is 19.1. The average molecular weight is 386 g/mol. The van der Waals surface area contributed by atoms with E-state index >= 15 is 0 Å². The Morgan fingerprint density at radius 1 is 1.00 bits per heavy atom. The second-order valence-corrected chi connectivity index (χ2v) is 7.30. The van der Waals surface area contributed by atoms with Crippen LogP contribution in [-0.4, -0.2) is 38.4 Å². The summed E-state index contributed by atoms with van der Waals surface area (Å²) in [7, 11) is 0. The van der Waals surface area contributed by atoms with Crippen molar-refractivity contribution in [3.05, 3.63) is 90.1 Å². The first-order valence-corrected chi connectivity index (χ1v) is 9.62. The molecule has 1 fully saturated rings. The molecular formula is C23H19FN4O. The third-order valence-corrected chi connectivity index (χ3v) is 5.51. The molecule has 0 aliphatic carbocycles. The predicted molar refractivity (Wildman–Crippen MR) is 109 cm³/mol. The van der Waals surface area contributed by atoms with Crippen LogP contribution in [0.25, 0.3) is 16.9 Å². The van der Waals surface area contributed by atoms with Crippen molar-refractivity contribution < 1.29 is 9.18 Å². The molecule has 29 heavy (non-hydrogen) atoms. The van der Waals surface area contributed by atoms with Gasteiger partial charge in [0.2, 0.25) is 0 Å². The van der Waals surface area contributed by atoms with E-state index < -0.39 is 0 Å². The topological polar surface area (TPSA) is 51.0 Å². The van der Waals surface area contributed by atoms with E-state index in [1.807, 2.05) is 45.9 Å². The molecule has 1 unspecified atom stereocenters. The van der Waals surface area contributed by atoms with E-state index in [0.29, 0.717) is 18.7 Å². The molecule has 1 aliphatic heterocycles. The summed E-state index contributed by atoms with van der Waals surface area (Å²) in [6, 6.07) is 18.1. The summed E-state index contributed by atoms with van der Waals surface area (Å²) in [5.41, 5.74) is 3.51. The molecule has 5 rings (SSSR count). The quantitative estimate of drug-likeness (QED) is 0.531. The molecule has 1 atom stereocenters. The Balaban J connectivity index is 1.32. The largest absolute Gasteiger partial charge is 0.338 e. The molecule has 0 radical (unpaired) electrons. The highest BCUT2D eigenvalue weighted by Gasteiger charge is 2.28. The highest BCUT2D eigenvalue weighted by molar-refractivity contribution is 5.94. The zero-order valence-corrected chi connectivity index (χ0v) is 15.7. The number of benzene rings is 2. The van der Waals surface area contributed by atoms with Gasteiger partial charge in [0.05, 0.1) is 16.6 Å². The molecule has 4 aromatic rings. The monoisotopic (exact) mass is 386 g/mol. The first-order chi connectivity index (χ1) is 14.2. The number of nitrogens with zero attached hydrogens (tertiary/aromatic N) is 4. The van der Waals surface area contributed by atoms with Crippen LogP contribution in [0.15, 0.2) is 73.2 Å². The number of hydrogen-bond donors (Lipinski definition) is 0. The molecule has 2 aromatic heterocycles. The number of carbonyl (C=O) groups is 1. The van der Waals surface area contributed by atoms with Gasteiger partial charge in [-0.2, -0.15) is 0 Å². The molecule has 6 heteroatoms. The summed E-state index contributed by atoms with van der Waals surface area (Å²) < 4.78 is 15.1. The summed E-state index contributed by atoms with van der Waals surface area (Å²) >= 11 is 0. The van der Waals surface area contributed by atoms with Gasteiger partial charge >= 0.3 is 0 Å². The first-order valence-electron chi connectivity index (χ1n) is 9.62. The van der Waals surface area contributed by atoms with E-state index in [-0.39, 0.29) is 17.6 Å². The number of pyridine rings is 1. The summed E-state index contributed by atoms with van der Waals surface area (Å²) in [5.74, 6) is 0.700. The number of carbonyl (C=O) groups excluding carboxylic acids is 1. The normalized spacial score (nSPS) is 16.4. The number of para-hydroxylation sites is 2. The van der Waals surface area contributed by atoms with Crippen molar-refractivity contribution in [1.82, 2.24) is 19.4 Å². The van der Waals surface area contributed by atoms with Gasteiger partial charge in [0.15, 0.2) is 0 Å². The number of amides is 1. The van der Waals surface area contributed by atoms with E-state index in [1.165, 1.54) is 12.1 Å². The van der Waals surface area contributed by atoms with Crippen LogP contribution in [0.5, 0.6) is 0 Å². The maximum absolute atomic E-state index is 13.1. The number of likely N-dealkylation sites (tertiary alicyclic amines) is 1. The molecule has 144 valence electrons. The van der Waals surface area contributed by atoms with Crippen LogP contribution in [0.1, 0.15) is 28.3 Å². The minimum absolute atomic E-state index is 0.0239. The zero-order valence-electron chi connectivity index (χ0n) is 15.7. The Labute approximate surface area is 167 Å². The van der Waals surface area contributed by atoms with E-state index in [2.05, 4.69) is 9.97 Å². The van der Waals surface area contributed by atoms with Gasteiger partial charge in [-0.1, -0.05) is 24.3 Å². The number of aromatic nitrogens is 3. The van der Waals surface area contributed by atoms with E-state index in [4.69, 9.17) is 0 Å². The van der Waals surface area contributed by atoms with E-state index in [0.717, 1.165) is 28.8 Å². The van der Waals surface area contributed by atoms with Crippen LogP contribution in [0, 0.1) is 5.82 Å². The molecule has 0 saturated carbocycles. The lowest BCUT2D eigenvalue weighted by molar-refractivity contribution is 0.0790. The van der Waals surface area contributed by atoms with E-state index in [9.17, 15) is 9.18 Å². The Kier molecular flexibility index (Phi) is 4.31. The molecule has 0 spiro atoms. The van der Waals surface area contributed by atoms with Gasteiger partial charge in [0, 0.05) is 25.2 Å². The lowest BCUT2D eigenvalue weighted by atomic mass is 9.99. The summed E-state index contributed by atoms with van der Waals surface area (Å²) in [6.07, 6.45) is 4.24. The molecule has 2 aromatic carbocycles. The lowest BCUT2D eigenvalue weighted by Gasteiger charge is -2.17. The fourth-order valence-electron chi connectivity index (χ4n) is 3.93. The fourth-order valence-corrected chi connectivity index (χ4v) is 3.93. The van der Waals surface area contributed by atoms with Crippen molar-refractivity contribution in [2.24, 2.45) is 0 Å². The van der Waals surface area contributed by atoms with Gasteiger partial charge in [-0.15, -0.1) is 0 Å². The number of imidazole rings is 1. The second-order valence-electron chi connectivity index (χ2n) is 7.30. The van der Waals surface area contributed by atoms with Crippen LogP contribution < -0.4 is 0 Å². The third-order valence-electron chi connectivity index (χ3n) is 5.51. The van der Waals surface area contributed by atoms with Crippen LogP contribution in [0.3, 0.4) is 0 Å². The number of hydrogen-bond acceptors (Lipinski definition) is 3. The summed E-state index contributed by atoms with van der Waals surface area (Å²) in [5, 5.41) is 0. The Morgan fingerprint density at radius 2 is 1.83 bits per heavy atom. The van der Waals surface area contributed by atoms with Crippen molar-refractivity contribution in [3.8, 4) is 5.82 Å². The third kappa shape index (κ3) is 3.27. The first kappa shape index (κ1) is 17.6. The molecule has 1 aliphatic rings. The van der Waals surface area contributed by atoms with Gasteiger partial charge in [-0.05, 0) is 48.4 Å². The van der Waals surface area contributed by atoms with Crippen molar-refractivity contribution in [3.63, 3.8) is 0 Å². The zero-order chi connectivity index (χ0) is 19.8. The molecule has 0 N–H and O–H groups in total. The molecule has 5 nitrogen and oxygen atoms in total. The van der Waals surface area contributed by atoms with Crippen molar-refractivity contribution in [2.45, 2.75) is 12.3 Å². The lowest BCUT2D eigenvalue weighted by Crippen LogP contribution is -2.28. The van der Waals surface area contributed by atoms with Gasteiger partial charge in [-0.25, -0.2) is 14.4 Å². The summed E-state index contributed by atoms with van der Waals surface area (Å²) in [6.45, 7) is 1.33. The van der Waals surface area contributed by atoms with Crippen LogP contribution in [-0.2, 0) is 0 Å². The SMILES string of the molecule is O=C(c1ccc(-n2cnc3ccccc32)nc1)N1CCC(c2ccc(F)cc2)C1. The van der Waals surface area contributed by atoms with E-state index in [1.54, 1.807) is 24.7 Å². The number of halogens is 1. The summed E-state index contributed by atoms with van der Waals surface area (Å²) in [4.78, 5) is 23.6. The van der Waals surface area contributed by atoms with Crippen molar-refractivity contribution >= 4 is 16.9 Å². The molecule has 3 heterocycles. The standard InChI is InChI=1S/C23H19FN4O/c24-19-8-5-16(6-9-19)18-11-12-27(14-18)23(29)17-7-10-22(25-13-17)28-15-26-20-3-1-2-4-21(20)28/h1-10,13,15,18H,11-12,14H2. The van der Waals surface area contributed by atoms with Crippen LogP contribution in [0.2, 0.25) is 0 Å². The molecular weight excluding hydrogens is 367 g/mol. The average Bonchev–Trinajstić information content (AvgIpc) is 3.42. The smallest absolute Gasteiger partial charge is 0.255 e. The maximum atomic E-state index is 13.1.